The van der Waals surface area contributed by atoms with Crippen LogP contribution in [0, 0.1) is 0 Å². The number of aromatic nitrogens is 5. The summed E-state index contributed by atoms with van der Waals surface area (Å²) >= 11 is 0. The normalized spacial score (nSPS) is 22.5. The van der Waals surface area contributed by atoms with Gasteiger partial charge in [-0.15, -0.1) is 0 Å². The van der Waals surface area contributed by atoms with Crippen molar-refractivity contribution in [1.82, 2.24) is 30.1 Å². The molecule has 11 heteroatoms. The first kappa shape index (κ1) is 22.6. The standard InChI is InChI=1S/C23H31N7O4/c1-14(2)25-23(31)34-17-4-3-15(9-17)19-11-21(28-27-19)26-22-20-10-16(29-30(20)7-6-24-22)12-33-18-5-8-32-13-18/h6-7,10-11,14-15,17-18H,3-5,8-9,12-13H2,1-2H3,(H,25,31)(H2,24,26,27,28). The minimum Gasteiger partial charge on any atom is -0.446 e. The Bertz CT molecular complexity index is 1120. The number of fused-ring (bicyclic) bond motifs is 1. The van der Waals surface area contributed by atoms with Gasteiger partial charge in [0, 0.05) is 42.7 Å². The molecule has 0 aromatic carbocycles. The average molecular weight is 470 g/mol. The van der Waals surface area contributed by atoms with Crippen molar-refractivity contribution in [3.05, 3.63) is 35.9 Å². The molecule has 3 aromatic rings. The fourth-order valence-corrected chi connectivity index (χ4v) is 4.47. The van der Waals surface area contributed by atoms with Gasteiger partial charge in [-0.3, -0.25) is 5.10 Å². The van der Waals surface area contributed by atoms with Crippen molar-refractivity contribution in [2.24, 2.45) is 0 Å². The van der Waals surface area contributed by atoms with Crippen molar-refractivity contribution in [2.45, 2.75) is 70.3 Å². The highest BCUT2D eigenvalue weighted by Crippen LogP contribution is 2.36. The van der Waals surface area contributed by atoms with Gasteiger partial charge in [-0.25, -0.2) is 14.3 Å². The summed E-state index contributed by atoms with van der Waals surface area (Å²) < 4.78 is 18.6. The number of anilines is 2. The van der Waals surface area contributed by atoms with Crippen LogP contribution in [0.2, 0.25) is 0 Å². The minimum absolute atomic E-state index is 0.0605. The number of aromatic amines is 1. The molecule has 1 aliphatic heterocycles. The number of ether oxygens (including phenoxy) is 3. The van der Waals surface area contributed by atoms with E-state index < -0.39 is 0 Å². The van der Waals surface area contributed by atoms with E-state index in [0.29, 0.717) is 24.8 Å². The number of hydrogen-bond donors (Lipinski definition) is 3. The Morgan fingerprint density at radius 1 is 1.29 bits per heavy atom. The van der Waals surface area contributed by atoms with Gasteiger partial charge in [0.25, 0.3) is 0 Å². The second kappa shape index (κ2) is 9.98. The fourth-order valence-electron chi connectivity index (χ4n) is 4.47. The highest BCUT2D eigenvalue weighted by molar-refractivity contribution is 5.72. The number of rotatable bonds is 8. The van der Waals surface area contributed by atoms with Crippen LogP contribution in [-0.2, 0) is 20.8 Å². The van der Waals surface area contributed by atoms with E-state index in [0.717, 1.165) is 49.2 Å². The van der Waals surface area contributed by atoms with Gasteiger partial charge in [0.05, 0.1) is 25.0 Å². The van der Waals surface area contributed by atoms with E-state index in [4.69, 9.17) is 14.2 Å². The molecule has 0 spiro atoms. The topological polar surface area (TPSA) is 128 Å². The first-order valence-electron chi connectivity index (χ1n) is 11.9. The van der Waals surface area contributed by atoms with E-state index in [1.165, 1.54) is 0 Å². The third kappa shape index (κ3) is 5.31. The number of H-pyrrole nitrogens is 1. The van der Waals surface area contributed by atoms with Crippen LogP contribution < -0.4 is 10.6 Å². The van der Waals surface area contributed by atoms with Crippen LogP contribution >= 0.6 is 0 Å². The molecule has 2 fully saturated rings. The molecule has 3 aromatic heterocycles. The maximum Gasteiger partial charge on any atom is 0.407 e. The van der Waals surface area contributed by atoms with Crippen LogP contribution in [0.1, 0.15) is 56.8 Å². The van der Waals surface area contributed by atoms with Crippen LogP contribution in [0.4, 0.5) is 16.4 Å². The van der Waals surface area contributed by atoms with Gasteiger partial charge in [0.15, 0.2) is 11.6 Å². The van der Waals surface area contributed by atoms with Crippen LogP contribution in [0.3, 0.4) is 0 Å². The Balaban J connectivity index is 1.20. The average Bonchev–Trinajstić information content (AvgIpc) is 3.58. The number of hydrogen-bond acceptors (Lipinski definition) is 8. The number of nitrogens with one attached hydrogen (secondary N) is 3. The van der Waals surface area contributed by atoms with Gasteiger partial charge in [-0.1, -0.05) is 0 Å². The maximum atomic E-state index is 11.9. The maximum absolute atomic E-state index is 11.9. The van der Waals surface area contributed by atoms with Crippen molar-refractivity contribution >= 4 is 23.2 Å². The van der Waals surface area contributed by atoms with Crippen molar-refractivity contribution in [2.75, 3.05) is 18.5 Å². The van der Waals surface area contributed by atoms with Crippen molar-refractivity contribution in [3.63, 3.8) is 0 Å². The lowest BCUT2D eigenvalue weighted by Gasteiger charge is -2.14. The Morgan fingerprint density at radius 2 is 2.21 bits per heavy atom. The van der Waals surface area contributed by atoms with Gasteiger partial charge in [-0.05, 0) is 45.6 Å². The molecular weight excluding hydrogens is 438 g/mol. The summed E-state index contributed by atoms with van der Waals surface area (Å²) in [5.74, 6) is 1.61. The minimum atomic E-state index is -0.353. The highest BCUT2D eigenvalue weighted by Gasteiger charge is 2.30. The lowest BCUT2D eigenvalue weighted by Crippen LogP contribution is -2.33. The van der Waals surface area contributed by atoms with Crippen molar-refractivity contribution in [1.29, 1.82) is 0 Å². The molecule has 3 atom stereocenters. The monoisotopic (exact) mass is 469 g/mol. The Morgan fingerprint density at radius 3 is 3.03 bits per heavy atom. The number of carbonyl (C=O) groups excluding carboxylic acids is 1. The summed E-state index contributed by atoms with van der Waals surface area (Å²) in [5, 5.41) is 18.2. The highest BCUT2D eigenvalue weighted by atomic mass is 16.6. The van der Waals surface area contributed by atoms with E-state index >= 15 is 0 Å². The third-order valence-corrected chi connectivity index (χ3v) is 6.14. The SMILES string of the molecule is CC(C)NC(=O)OC1CCC(c2cc(Nc3nccn4nc(COC5CCOC5)cc34)n[nH]2)C1. The molecule has 4 heterocycles. The lowest BCUT2D eigenvalue weighted by molar-refractivity contribution is 0.0300. The fraction of sp³-hybridized carbons (Fsp3) is 0.565. The largest absolute Gasteiger partial charge is 0.446 e. The number of amides is 1. The number of nitrogens with zero attached hydrogens (tertiary/aromatic N) is 4. The molecule has 1 saturated carbocycles. The first-order chi connectivity index (χ1) is 16.5. The molecule has 1 saturated heterocycles. The molecule has 2 aliphatic rings. The molecule has 182 valence electrons. The quantitative estimate of drug-likeness (QED) is 0.459. The smallest absolute Gasteiger partial charge is 0.407 e. The Labute approximate surface area is 197 Å². The molecular formula is C23H31N7O4. The van der Waals surface area contributed by atoms with Gasteiger partial charge in [0.2, 0.25) is 0 Å². The van der Waals surface area contributed by atoms with Crippen molar-refractivity contribution < 1.29 is 19.0 Å². The summed E-state index contributed by atoms with van der Waals surface area (Å²) in [5.41, 5.74) is 2.70. The molecule has 0 bridgehead atoms. The van der Waals surface area contributed by atoms with E-state index in [1.807, 2.05) is 32.2 Å². The summed E-state index contributed by atoms with van der Waals surface area (Å²) in [6, 6.07) is 4.03. The third-order valence-electron chi connectivity index (χ3n) is 6.14. The van der Waals surface area contributed by atoms with Gasteiger partial charge < -0.3 is 24.8 Å². The summed E-state index contributed by atoms with van der Waals surface area (Å²) in [6.07, 6.45) is 6.68. The summed E-state index contributed by atoms with van der Waals surface area (Å²) in [6.45, 7) is 5.65. The zero-order valence-electron chi connectivity index (χ0n) is 19.5. The predicted octanol–water partition coefficient (Wildman–Crippen LogP) is 3.27. The van der Waals surface area contributed by atoms with E-state index in [9.17, 15) is 4.79 Å². The second-order valence-electron chi connectivity index (χ2n) is 9.21. The molecule has 34 heavy (non-hydrogen) atoms. The molecule has 3 N–H and O–H groups in total. The Hall–Kier alpha value is -3.18. The lowest BCUT2D eigenvalue weighted by atomic mass is 10.0. The molecule has 0 radical (unpaired) electrons. The van der Waals surface area contributed by atoms with E-state index in [2.05, 4.69) is 30.9 Å². The first-order valence-corrected chi connectivity index (χ1v) is 11.9. The number of carbonyl (C=O) groups is 1. The molecule has 1 aliphatic carbocycles. The molecule has 5 rings (SSSR count). The summed E-state index contributed by atoms with van der Waals surface area (Å²) in [7, 11) is 0. The molecule has 3 unspecified atom stereocenters. The zero-order valence-corrected chi connectivity index (χ0v) is 19.5. The zero-order chi connectivity index (χ0) is 23.5. The predicted molar refractivity (Wildman–Crippen MR) is 124 cm³/mol. The van der Waals surface area contributed by atoms with Crippen molar-refractivity contribution in [3.8, 4) is 0 Å². The van der Waals surface area contributed by atoms with Crippen LogP contribution in [0.15, 0.2) is 24.5 Å². The van der Waals surface area contributed by atoms with Gasteiger partial charge in [0.1, 0.15) is 11.6 Å². The van der Waals surface area contributed by atoms with Crippen LogP contribution in [0.25, 0.3) is 5.52 Å². The Kier molecular flexibility index (Phi) is 6.63. The molecule has 1 amide bonds. The van der Waals surface area contributed by atoms with E-state index in [1.54, 1.807) is 10.7 Å². The van der Waals surface area contributed by atoms with Gasteiger partial charge >= 0.3 is 6.09 Å². The number of alkyl carbamates (subject to hydrolysis) is 1. The van der Waals surface area contributed by atoms with Crippen LogP contribution in [-0.4, -0.2) is 62.4 Å². The van der Waals surface area contributed by atoms with E-state index in [-0.39, 0.29) is 30.3 Å². The van der Waals surface area contributed by atoms with Gasteiger partial charge in [-0.2, -0.15) is 10.2 Å². The molecule has 11 nitrogen and oxygen atoms in total. The summed E-state index contributed by atoms with van der Waals surface area (Å²) in [4.78, 5) is 16.4. The van der Waals surface area contributed by atoms with Crippen LogP contribution in [0.5, 0.6) is 0 Å². The second-order valence-corrected chi connectivity index (χ2v) is 9.21.